The largest absolute Gasteiger partial charge is 0.483 e. The van der Waals surface area contributed by atoms with E-state index < -0.39 is 0 Å². The molecule has 8 heavy (non-hydrogen) atoms. The number of nitrogens with one attached hydrogen (secondary N) is 1. The molecule has 2 N–H and O–H groups in total. The van der Waals surface area contributed by atoms with Crippen LogP contribution in [0.1, 0.15) is 6.92 Å². The zero-order valence-corrected chi connectivity index (χ0v) is 4.84. The zero-order valence-electron chi connectivity index (χ0n) is 4.84. The van der Waals surface area contributed by atoms with Gasteiger partial charge in [-0.2, -0.15) is 0 Å². The van der Waals surface area contributed by atoms with Crippen LogP contribution in [0.3, 0.4) is 0 Å². The monoisotopic (exact) mass is 119 g/mol. The summed E-state index contributed by atoms with van der Waals surface area (Å²) in [4.78, 5) is 18.1. The molecular formula is C4H9NO3. The second kappa shape index (κ2) is 9.34. The molecule has 0 unspecified atom stereocenters. The molecule has 0 aromatic carbocycles. The predicted octanol–water partition coefficient (Wildman–Crippen LogP) is -0.547. The van der Waals surface area contributed by atoms with Crippen molar-refractivity contribution in [3.05, 3.63) is 0 Å². The molecule has 48 valence electrons. The number of carbonyl (C=O) groups excluding carboxylic acids is 1. The van der Waals surface area contributed by atoms with E-state index in [1.807, 2.05) is 0 Å². The van der Waals surface area contributed by atoms with Crippen LogP contribution >= 0.6 is 0 Å². The fraction of sp³-hybridized carbons (Fsp3) is 0.500. The van der Waals surface area contributed by atoms with Gasteiger partial charge in [0.2, 0.25) is 5.91 Å². The minimum absolute atomic E-state index is 0.00463. The van der Waals surface area contributed by atoms with Crippen molar-refractivity contribution >= 4 is 12.4 Å². The van der Waals surface area contributed by atoms with Crippen molar-refractivity contribution in [2.75, 3.05) is 7.05 Å². The second-order valence-corrected chi connectivity index (χ2v) is 0.912. The third-order valence-electron chi connectivity index (χ3n) is 0.352. The molecule has 0 bridgehead atoms. The van der Waals surface area contributed by atoms with E-state index in [1.165, 1.54) is 6.92 Å². The Bertz CT molecular complexity index is 71.7. The summed E-state index contributed by atoms with van der Waals surface area (Å²) in [7, 11) is 1.60. The van der Waals surface area contributed by atoms with Gasteiger partial charge in [-0.3, -0.25) is 9.59 Å². The van der Waals surface area contributed by atoms with Gasteiger partial charge in [-0.15, -0.1) is 0 Å². The highest BCUT2D eigenvalue weighted by atomic mass is 16.3. The Kier molecular flexibility index (Phi) is 11.7. The summed E-state index contributed by atoms with van der Waals surface area (Å²) >= 11 is 0. The second-order valence-electron chi connectivity index (χ2n) is 0.912. The van der Waals surface area contributed by atoms with Gasteiger partial charge in [0.25, 0.3) is 6.47 Å². The van der Waals surface area contributed by atoms with E-state index in [-0.39, 0.29) is 12.4 Å². The SMILES string of the molecule is CNC(C)=O.O=CO. The van der Waals surface area contributed by atoms with Crippen molar-refractivity contribution in [3.8, 4) is 0 Å². The summed E-state index contributed by atoms with van der Waals surface area (Å²) in [6.45, 7) is 1.22. The Morgan fingerprint density at radius 2 is 1.88 bits per heavy atom. The number of hydrogen-bond donors (Lipinski definition) is 2. The first-order chi connectivity index (χ1) is 3.68. The van der Waals surface area contributed by atoms with E-state index in [4.69, 9.17) is 9.90 Å². The van der Waals surface area contributed by atoms with E-state index in [0.717, 1.165) is 0 Å². The normalized spacial score (nSPS) is 5.75. The number of carboxylic acid groups (broad SMARTS) is 1. The molecule has 0 fully saturated rings. The van der Waals surface area contributed by atoms with Crippen LogP contribution in [0, 0.1) is 0 Å². The Hall–Kier alpha value is -1.06. The molecule has 0 spiro atoms. The number of carbonyl (C=O) groups is 2. The van der Waals surface area contributed by atoms with Crippen LogP contribution in [0.5, 0.6) is 0 Å². The summed E-state index contributed by atoms with van der Waals surface area (Å²) in [6, 6.07) is 0. The van der Waals surface area contributed by atoms with Gasteiger partial charge < -0.3 is 10.4 Å². The Morgan fingerprint density at radius 3 is 1.88 bits per heavy atom. The van der Waals surface area contributed by atoms with E-state index in [2.05, 4.69) is 5.32 Å². The van der Waals surface area contributed by atoms with E-state index in [0.29, 0.717) is 0 Å². The Balaban J connectivity index is 0. The lowest BCUT2D eigenvalue weighted by Gasteiger charge is -1.80. The average molecular weight is 119 g/mol. The summed E-state index contributed by atoms with van der Waals surface area (Å²) < 4.78 is 0. The fourth-order valence-electron chi connectivity index (χ4n) is 0. The van der Waals surface area contributed by atoms with Gasteiger partial charge in [0.05, 0.1) is 0 Å². The molecule has 0 aliphatic rings. The molecule has 4 nitrogen and oxygen atoms in total. The predicted molar refractivity (Wildman–Crippen MR) is 28.4 cm³/mol. The molecule has 1 amide bonds. The van der Waals surface area contributed by atoms with Crippen LogP contribution in [-0.2, 0) is 9.59 Å². The maximum atomic E-state index is 9.70. The molecule has 0 atom stereocenters. The minimum atomic E-state index is -0.250. The molecule has 0 aromatic heterocycles. The third kappa shape index (κ3) is 86.8. The smallest absolute Gasteiger partial charge is 0.290 e. The molecule has 0 aromatic rings. The maximum absolute atomic E-state index is 9.70. The summed E-state index contributed by atoms with van der Waals surface area (Å²) in [5.74, 6) is 0.00463. The van der Waals surface area contributed by atoms with Crippen molar-refractivity contribution in [1.29, 1.82) is 0 Å². The van der Waals surface area contributed by atoms with Crippen LogP contribution in [0.25, 0.3) is 0 Å². The standard InChI is InChI=1S/C3H7NO.CH2O2/c1-3(5)4-2;2-1-3/h1-2H3,(H,4,5);1H,(H,2,3). The number of hydrogen-bond acceptors (Lipinski definition) is 2. The van der Waals surface area contributed by atoms with Crippen molar-refractivity contribution in [2.45, 2.75) is 6.92 Å². The molecule has 0 aliphatic carbocycles. The molecule has 0 rings (SSSR count). The Morgan fingerprint density at radius 1 is 1.75 bits per heavy atom. The first kappa shape index (κ1) is 10.0. The molecule has 0 heterocycles. The zero-order chi connectivity index (χ0) is 6.99. The summed E-state index contributed by atoms with van der Waals surface area (Å²) in [5, 5.41) is 9.28. The van der Waals surface area contributed by atoms with E-state index in [9.17, 15) is 4.79 Å². The molecule has 0 saturated carbocycles. The highest BCUT2D eigenvalue weighted by molar-refractivity contribution is 5.72. The maximum Gasteiger partial charge on any atom is 0.290 e. The van der Waals surface area contributed by atoms with Gasteiger partial charge in [-0.1, -0.05) is 0 Å². The topological polar surface area (TPSA) is 66.4 Å². The lowest BCUT2D eigenvalue weighted by molar-refractivity contribution is -0.123. The molecular weight excluding hydrogens is 110 g/mol. The summed E-state index contributed by atoms with van der Waals surface area (Å²) in [5.41, 5.74) is 0. The van der Waals surface area contributed by atoms with Crippen LogP contribution in [0.4, 0.5) is 0 Å². The lowest BCUT2D eigenvalue weighted by atomic mass is 10.7. The van der Waals surface area contributed by atoms with Gasteiger partial charge in [0, 0.05) is 14.0 Å². The van der Waals surface area contributed by atoms with Crippen molar-refractivity contribution in [3.63, 3.8) is 0 Å². The number of rotatable bonds is 0. The van der Waals surface area contributed by atoms with Crippen LogP contribution in [-0.4, -0.2) is 24.5 Å². The first-order valence-corrected chi connectivity index (χ1v) is 1.95. The van der Waals surface area contributed by atoms with E-state index >= 15 is 0 Å². The van der Waals surface area contributed by atoms with Crippen LogP contribution in [0.2, 0.25) is 0 Å². The van der Waals surface area contributed by atoms with Gasteiger partial charge in [0.15, 0.2) is 0 Å². The van der Waals surface area contributed by atoms with E-state index in [1.54, 1.807) is 7.05 Å². The highest BCUT2D eigenvalue weighted by Crippen LogP contribution is 1.45. The quantitative estimate of drug-likeness (QED) is 0.420. The Labute approximate surface area is 47.5 Å². The first-order valence-electron chi connectivity index (χ1n) is 1.95. The van der Waals surface area contributed by atoms with Gasteiger partial charge in [-0.05, 0) is 0 Å². The minimum Gasteiger partial charge on any atom is -0.483 e. The molecule has 4 heteroatoms. The summed E-state index contributed by atoms with van der Waals surface area (Å²) in [6.07, 6.45) is 0. The van der Waals surface area contributed by atoms with Crippen molar-refractivity contribution in [1.82, 2.24) is 5.32 Å². The fourth-order valence-corrected chi connectivity index (χ4v) is 0. The molecule has 0 aliphatic heterocycles. The number of amides is 1. The van der Waals surface area contributed by atoms with Gasteiger partial charge in [0.1, 0.15) is 0 Å². The average Bonchev–Trinajstić information content (AvgIpc) is 1.69. The van der Waals surface area contributed by atoms with Crippen molar-refractivity contribution in [2.24, 2.45) is 0 Å². The highest BCUT2D eigenvalue weighted by Gasteiger charge is 1.72. The van der Waals surface area contributed by atoms with Gasteiger partial charge in [-0.25, -0.2) is 0 Å². The molecule has 0 radical (unpaired) electrons. The molecule has 0 saturated heterocycles. The van der Waals surface area contributed by atoms with Gasteiger partial charge >= 0.3 is 0 Å². The third-order valence-corrected chi connectivity index (χ3v) is 0.352. The lowest BCUT2D eigenvalue weighted by Crippen LogP contribution is -2.11. The van der Waals surface area contributed by atoms with Crippen LogP contribution in [0.15, 0.2) is 0 Å². The van der Waals surface area contributed by atoms with Crippen LogP contribution < -0.4 is 5.32 Å². The van der Waals surface area contributed by atoms with Crippen molar-refractivity contribution < 1.29 is 14.7 Å².